The van der Waals surface area contributed by atoms with Crippen molar-refractivity contribution < 1.29 is 0 Å². The van der Waals surface area contributed by atoms with Gasteiger partial charge in [-0.2, -0.15) is 0 Å². The highest BCUT2D eigenvalue weighted by Gasteiger charge is 2.20. The molecule has 94 valence electrons. The van der Waals surface area contributed by atoms with Gasteiger partial charge in [0.15, 0.2) is 0 Å². The SMILES string of the molecule is Cc1ccc(-n2cncc2[C@@H]2CCCN2)c(Cl)c1. The number of nitrogens with zero attached hydrogens (tertiary/aromatic N) is 2. The van der Waals surface area contributed by atoms with E-state index in [9.17, 15) is 0 Å². The van der Waals surface area contributed by atoms with E-state index in [0.717, 1.165) is 23.7 Å². The van der Waals surface area contributed by atoms with Gasteiger partial charge in [-0.3, -0.25) is 0 Å². The Balaban J connectivity index is 2.03. The Bertz CT molecular complexity index is 556. The van der Waals surface area contributed by atoms with Gasteiger partial charge in [0.1, 0.15) is 0 Å². The van der Waals surface area contributed by atoms with Gasteiger partial charge in [-0.15, -0.1) is 0 Å². The molecule has 3 rings (SSSR count). The maximum absolute atomic E-state index is 6.33. The molecule has 1 aliphatic heterocycles. The highest BCUT2D eigenvalue weighted by molar-refractivity contribution is 6.32. The van der Waals surface area contributed by atoms with Crippen LogP contribution in [0.2, 0.25) is 5.02 Å². The van der Waals surface area contributed by atoms with Crippen LogP contribution >= 0.6 is 11.6 Å². The zero-order valence-corrected chi connectivity index (χ0v) is 11.1. The monoisotopic (exact) mass is 261 g/mol. The largest absolute Gasteiger partial charge is 0.309 e. The molecule has 0 saturated carbocycles. The van der Waals surface area contributed by atoms with Crippen LogP contribution in [0.4, 0.5) is 0 Å². The topological polar surface area (TPSA) is 29.9 Å². The van der Waals surface area contributed by atoms with Crippen LogP contribution < -0.4 is 5.32 Å². The summed E-state index contributed by atoms with van der Waals surface area (Å²) in [7, 11) is 0. The molecule has 4 heteroatoms. The summed E-state index contributed by atoms with van der Waals surface area (Å²) < 4.78 is 2.09. The van der Waals surface area contributed by atoms with Gasteiger partial charge in [-0.25, -0.2) is 4.98 Å². The average molecular weight is 262 g/mol. The van der Waals surface area contributed by atoms with Crippen molar-refractivity contribution in [2.45, 2.75) is 25.8 Å². The number of nitrogens with one attached hydrogen (secondary N) is 1. The first kappa shape index (κ1) is 11.8. The number of aryl methyl sites for hydroxylation is 1. The number of imidazole rings is 1. The van der Waals surface area contributed by atoms with Gasteiger partial charge in [0.25, 0.3) is 0 Å². The second-order valence-corrected chi connectivity index (χ2v) is 5.20. The second kappa shape index (κ2) is 4.75. The van der Waals surface area contributed by atoms with E-state index in [0.29, 0.717) is 6.04 Å². The van der Waals surface area contributed by atoms with Gasteiger partial charge >= 0.3 is 0 Å². The molecule has 0 amide bonds. The van der Waals surface area contributed by atoms with E-state index < -0.39 is 0 Å². The third-order valence-corrected chi connectivity index (χ3v) is 3.75. The summed E-state index contributed by atoms with van der Waals surface area (Å²) >= 11 is 6.33. The molecule has 1 atom stereocenters. The van der Waals surface area contributed by atoms with E-state index in [2.05, 4.69) is 27.0 Å². The molecular formula is C14H16ClN3. The highest BCUT2D eigenvalue weighted by Crippen LogP contribution is 2.28. The molecule has 2 heterocycles. The van der Waals surface area contributed by atoms with Crippen molar-refractivity contribution >= 4 is 11.6 Å². The van der Waals surface area contributed by atoms with E-state index in [1.54, 1.807) is 0 Å². The van der Waals surface area contributed by atoms with Crippen LogP contribution in [0, 0.1) is 6.92 Å². The smallest absolute Gasteiger partial charge is 0.0995 e. The van der Waals surface area contributed by atoms with Gasteiger partial charge in [0, 0.05) is 6.04 Å². The van der Waals surface area contributed by atoms with Crippen LogP contribution in [-0.4, -0.2) is 16.1 Å². The summed E-state index contributed by atoms with van der Waals surface area (Å²) in [6.45, 7) is 3.13. The minimum absolute atomic E-state index is 0.393. The fourth-order valence-electron chi connectivity index (χ4n) is 2.51. The van der Waals surface area contributed by atoms with Crippen molar-refractivity contribution in [2.75, 3.05) is 6.54 Å². The lowest BCUT2D eigenvalue weighted by Gasteiger charge is -2.15. The van der Waals surface area contributed by atoms with Crippen LogP contribution in [0.25, 0.3) is 5.69 Å². The van der Waals surface area contributed by atoms with Crippen LogP contribution in [0.1, 0.15) is 30.1 Å². The molecule has 1 saturated heterocycles. The van der Waals surface area contributed by atoms with Crippen LogP contribution in [-0.2, 0) is 0 Å². The predicted molar refractivity (Wildman–Crippen MR) is 73.3 cm³/mol. The molecule has 1 N–H and O–H groups in total. The Morgan fingerprint density at radius 3 is 3.06 bits per heavy atom. The van der Waals surface area contributed by atoms with Gasteiger partial charge in [-0.05, 0) is 44.0 Å². The second-order valence-electron chi connectivity index (χ2n) is 4.79. The van der Waals surface area contributed by atoms with Crippen LogP contribution in [0.3, 0.4) is 0 Å². The molecule has 1 aliphatic rings. The minimum Gasteiger partial charge on any atom is -0.309 e. The lowest BCUT2D eigenvalue weighted by atomic mass is 10.1. The Labute approximate surface area is 112 Å². The fourth-order valence-corrected chi connectivity index (χ4v) is 2.83. The lowest BCUT2D eigenvalue weighted by Crippen LogP contribution is -2.16. The van der Waals surface area contributed by atoms with Crippen molar-refractivity contribution in [1.82, 2.24) is 14.9 Å². The van der Waals surface area contributed by atoms with Crippen LogP contribution in [0.15, 0.2) is 30.7 Å². The zero-order valence-electron chi connectivity index (χ0n) is 10.4. The van der Waals surface area contributed by atoms with Crippen molar-refractivity contribution in [3.05, 3.63) is 47.0 Å². The maximum Gasteiger partial charge on any atom is 0.0995 e. The molecule has 0 radical (unpaired) electrons. The number of aromatic nitrogens is 2. The number of halogens is 1. The Hall–Kier alpha value is -1.32. The summed E-state index contributed by atoms with van der Waals surface area (Å²) in [5.41, 5.74) is 3.37. The Kier molecular flexibility index (Phi) is 3.10. The molecule has 1 aromatic heterocycles. The normalized spacial score (nSPS) is 19.3. The van der Waals surface area contributed by atoms with Crippen molar-refractivity contribution in [2.24, 2.45) is 0 Å². The molecule has 0 bridgehead atoms. The quantitative estimate of drug-likeness (QED) is 0.899. The number of benzene rings is 1. The molecule has 0 spiro atoms. The zero-order chi connectivity index (χ0) is 12.5. The first-order valence-corrected chi connectivity index (χ1v) is 6.65. The Morgan fingerprint density at radius 1 is 1.44 bits per heavy atom. The summed E-state index contributed by atoms with van der Waals surface area (Å²) in [5.74, 6) is 0. The van der Waals surface area contributed by atoms with Gasteiger partial charge < -0.3 is 9.88 Å². The fraction of sp³-hybridized carbons (Fsp3) is 0.357. The van der Waals surface area contributed by atoms with Crippen LogP contribution in [0.5, 0.6) is 0 Å². The van der Waals surface area contributed by atoms with E-state index in [4.69, 9.17) is 11.6 Å². The Morgan fingerprint density at radius 2 is 2.33 bits per heavy atom. The summed E-state index contributed by atoms with van der Waals surface area (Å²) in [5, 5.41) is 4.27. The third kappa shape index (κ3) is 2.04. The standard InChI is InChI=1S/C14H16ClN3/c1-10-4-5-13(11(15)7-10)18-9-16-8-14(18)12-3-2-6-17-12/h4-5,7-9,12,17H,2-3,6H2,1H3/t12-/m0/s1. The molecule has 2 aromatic rings. The first-order chi connectivity index (χ1) is 8.75. The molecule has 3 nitrogen and oxygen atoms in total. The van der Waals surface area contributed by atoms with E-state index >= 15 is 0 Å². The van der Waals surface area contributed by atoms with E-state index in [1.807, 2.05) is 25.5 Å². The highest BCUT2D eigenvalue weighted by atomic mass is 35.5. The lowest BCUT2D eigenvalue weighted by molar-refractivity contribution is 0.615. The number of hydrogen-bond donors (Lipinski definition) is 1. The summed E-state index contributed by atoms with van der Waals surface area (Å²) in [6.07, 6.45) is 6.15. The minimum atomic E-state index is 0.393. The summed E-state index contributed by atoms with van der Waals surface area (Å²) in [6, 6.07) is 6.51. The average Bonchev–Trinajstić information content (AvgIpc) is 2.98. The van der Waals surface area contributed by atoms with E-state index in [1.165, 1.54) is 17.7 Å². The van der Waals surface area contributed by atoms with Crippen molar-refractivity contribution in [1.29, 1.82) is 0 Å². The molecule has 0 aliphatic carbocycles. The molecule has 18 heavy (non-hydrogen) atoms. The predicted octanol–water partition coefficient (Wildman–Crippen LogP) is 3.26. The van der Waals surface area contributed by atoms with E-state index in [-0.39, 0.29) is 0 Å². The van der Waals surface area contributed by atoms with Gasteiger partial charge in [0.2, 0.25) is 0 Å². The van der Waals surface area contributed by atoms with Crippen molar-refractivity contribution in [3.8, 4) is 5.69 Å². The van der Waals surface area contributed by atoms with Gasteiger partial charge in [0.05, 0.1) is 28.9 Å². The maximum atomic E-state index is 6.33. The molecule has 1 fully saturated rings. The first-order valence-electron chi connectivity index (χ1n) is 6.28. The molecular weight excluding hydrogens is 246 g/mol. The van der Waals surface area contributed by atoms with Crippen molar-refractivity contribution in [3.63, 3.8) is 0 Å². The molecule has 0 unspecified atom stereocenters. The van der Waals surface area contributed by atoms with Gasteiger partial charge in [-0.1, -0.05) is 17.7 Å². The number of hydrogen-bond acceptors (Lipinski definition) is 2. The summed E-state index contributed by atoms with van der Waals surface area (Å²) in [4.78, 5) is 4.27. The molecule has 1 aromatic carbocycles. The third-order valence-electron chi connectivity index (χ3n) is 3.45. The number of rotatable bonds is 2.